The summed E-state index contributed by atoms with van der Waals surface area (Å²) >= 11 is 6.08. The van der Waals surface area contributed by atoms with Crippen molar-refractivity contribution in [1.82, 2.24) is 5.16 Å². The molecule has 1 atom stereocenters. The fourth-order valence-electron chi connectivity index (χ4n) is 2.02. The van der Waals surface area contributed by atoms with Crippen LogP contribution < -0.4 is 0 Å². The summed E-state index contributed by atoms with van der Waals surface area (Å²) in [4.78, 5) is 12.7. The molecule has 7 heteroatoms. The van der Waals surface area contributed by atoms with Gasteiger partial charge in [-0.1, -0.05) is 30.6 Å². The van der Waals surface area contributed by atoms with Crippen LogP contribution in [0.2, 0.25) is 5.02 Å². The van der Waals surface area contributed by atoms with Crippen LogP contribution in [0.4, 0.5) is 0 Å². The molecule has 2 aromatic rings. The summed E-state index contributed by atoms with van der Waals surface area (Å²) in [7, 11) is -3.37. The molecule has 0 fully saturated rings. The molecule has 0 N–H and O–H groups in total. The van der Waals surface area contributed by atoms with Crippen LogP contribution in [-0.2, 0) is 9.84 Å². The summed E-state index contributed by atoms with van der Waals surface area (Å²) in [6.45, 7) is 3.92. The van der Waals surface area contributed by atoms with Crippen LogP contribution in [0.5, 0.6) is 0 Å². The molecule has 1 heterocycles. The van der Waals surface area contributed by atoms with Gasteiger partial charge in [0.25, 0.3) is 0 Å². The highest BCUT2D eigenvalue weighted by molar-refractivity contribution is 7.90. The van der Waals surface area contributed by atoms with Crippen LogP contribution in [0.1, 0.15) is 47.9 Å². The van der Waals surface area contributed by atoms with E-state index in [9.17, 15) is 13.2 Å². The van der Waals surface area contributed by atoms with Gasteiger partial charge in [-0.05, 0) is 24.6 Å². The molecule has 22 heavy (non-hydrogen) atoms. The molecule has 118 valence electrons. The number of aromatic nitrogens is 1. The van der Waals surface area contributed by atoms with Crippen LogP contribution in [0, 0.1) is 0 Å². The molecule has 0 aliphatic carbocycles. The highest BCUT2D eigenvalue weighted by Crippen LogP contribution is 2.28. The summed E-state index contributed by atoms with van der Waals surface area (Å²) in [6, 6.07) is 4.06. The number of halogens is 1. The Morgan fingerprint density at radius 2 is 2.05 bits per heavy atom. The van der Waals surface area contributed by atoms with E-state index in [2.05, 4.69) is 5.16 Å². The standard InChI is InChI=1S/C15H16ClNO4S/c1-4-9(2)15-12(8-17-21-15)14(18)11-6-5-10(7-13(11)16)22(3,19)20/h5-9H,4H2,1-3H3. The number of hydrogen-bond acceptors (Lipinski definition) is 5. The summed E-state index contributed by atoms with van der Waals surface area (Å²) in [5.41, 5.74) is 0.574. The van der Waals surface area contributed by atoms with Gasteiger partial charge >= 0.3 is 0 Å². The van der Waals surface area contributed by atoms with Gasteiger partial charge in [-0.3, -0.25) is 4.79 Å². The molecule has 2 rings (SSSR count). The van der Waals surface area contributed by atoms with Crippen molar-refractivity contribution in [3.05, 3.63) is 46.3 Å². The van der Waals surface area contributed by atoms with Crippen molar-refractivity contribution in [2.75, 3.05) is 6.26 Å². The first-order valence-electron chi connectivity index (χ1n) is 6.74. The van der Waals surface area contributed by atoms with Gasteiger partial charge in [0.15, 0.2) is 21.4 Å². The number of sulfone groups is 1. The van der Waals surface area contributed by atoms with E-state index in [1.165, 1.54) is 24.4 Å². The number of rotatable bonds is 5. The van der Waals surface area contributed by atoms with Crippen LogP contribution in [0.3, 0.4) is 0 Å². The quantitative estimate of drug-likeness (QED) is 0.778. The monoisotopic (exact) mass is 341 g/mol. The Kier molecular flexibility index (Phi) is 4.72. The third kappa shape index (κ3) is 3.23. The molecule has 0 bridgehead atoms. The van der Waals surface area contributed by atoms with Gasteiger partial charge in [0, 0.05) is 17.7 Å². The van der Waals surface area contributed by atoms with E-state index in [1.54, 1.807) is 0 Å². The van der Waals surface area contributed by atoms with Crippen molar-refractivity contribution < 1.29 is 17.7 Å². The van der Waals surface area contributed by atoms with Gasteiger partial charge in [-0.2, -0.15) is 0 Å². The van der Waals surface area contributed by atoms with Crippen molar-refractivity contribution in [1.29, 1.82) is 0 Å². The average molecular weight is 342 g/mol. The lowest BCUT2D eigenvalue weighted by molar-refractivity contribution is 0.103. The second-order valence-electron chi connectivity index (χ2n) is 5.16. The lowest BCUT2D eigenvalue weighted by atomic mass is 9.97. The molecule has 1 unspecified atom stereocenters. The lowest BCUT2D eigenvalue weighted by Gasteiger charge is -2.08. The molecule has 0 radical (unpaired) electrons. The first-order chi connectivity index (χ1) is 10.3. The molecule has 0 aliphatic rings. The summed E-state index contributed by atoms with van der Waals surface area (Å²) in [5, 5.41) is 3.78. The van der Waals surface area contributed by atoms with E-state index in [1.807, 2.05) is 13.8 Å². The Morgan fingerprint density at radius 1 is 1.36 bits per heavy atom. The van der Waals surface area contributed by atoms with E-state index >= 15 is 0 Å². The van der Waals surface area contributed by atoms with Crippen molar-refractivity contribution in [3.63, 3.8) is 0 Å². The number of nitrogens with zero attached hydrogens (tertiary/aromatic N) is 1. The average Bonchev–Trinajstić information content (AvgIpc) is 2.94. The maximum absolute atomic E-state index is 12.6. The zero-order chi connectivity index (χ0) is 16.5. The Morgan fingerprint density at radius 3 is 2.59 bits per heavy atom. The van der Waals surface area contributed by atoms with Crippen LogP contribution in [0.15, 0.2) is 33.8 Å². The number of benzene rings is 1. The second kappa shape index (κ2) is 6.22. The van der Waals surface area contributed by atoms with Crippen molar-refractivity contribution >= 4 is 27.2 Å². The highest BCUT2D eigenvalue weighted by Gasteiger charge is 2.23. The Labute approximate surface area is 134 Å². The fraction of sp³-hybridized carbons (Fsp3) is 0.333. The molecular weight excluding hydrogens is 326 g/mol. The lowest BCUT2D eigenvalue weighted by Crippen LogP contribution is -2.07. The smallest absolute Gasteiger partial charge is 0.199 e. The van der Waals surface area contributed by atoms with Crippen molar-refractivity contribution in [2.24, 2.45) is 0 Å². The van der Waals surface area contributed by atoms with Gasteiger partial charge in [0.1, 0.15) is 0 Å². The SMILES string of the molecule is CCC(C)c1oncc1C(=O)c1ccc(S(C)(=O)=O)cc1Cl. The number of carbonyl (C=O) groups excluding carboxylic acids is 1. The topological polar surface area (TPSA) is 77.2 Å². The van der Waals surface area contributed by atoms with Gasteiger partial charge in [-0.15, -0.1) is 0 Å². The predicted octanol–water partition coefficient (Wildman–Crippen LogP) is 3.48. The van der Waals surface area contributed by atoms with Gasteiger partial charge in [0.05, 0.1) is 21.7 Å². The second-order valence-corrected chi connectivity index (χ2v) is 7.58. The minimum absolute atomic E-state index is 0.0514. The summed E-state index contributed by atoms with van der Waals surface area (Å²) in [6.07, 6.45) is 3.25. The molecule has 0 aliphatic heterocycles. The van der Waals surface area contributed by atoms with Crippen molar-refractivity contribution in [3.8, 4) is 0 Å². The molecular formula is C15H16ClNO4S. The molecule has 0 amide bonds. The van der Waals surface area contributed by atoms with E-state index in [0.717, 1.165) is 12.7 Å². The van der Waals surface area contributed by atoms with E-state index in [4.69, 9.17) is 16.1 Å². The third-order valence-electron chi connectivity index (χ3n) is 3.52. The minimum Gasteiger partial charge on any atom is -0.360 e. The fourth-order valence-corrected chi connectivity index (χ4v) is 2.99. The minimum atomic E-state index is -3.37. The Balaban J connectivity index is 2.45. The highest BCUT2D eigenvalue weighted by atomic mass is 35.5. The van der Waals surface area contributed by atoms with E-state index < -0.39 is 9.84 Å². The maximum atomic E-state index is 12.6. The molecule has 0 saturated carbocycles. The first kappa shape index (κ1) is 16.7. The van der Waals surface area contributed by atoms with Crippen LogP contribution >= 0.6 is 11.6 Å². The predicted molar refractivity (Wildman–Crippen MR) is 83.2 cm³/mol. The van der Waals surface area contributed by atoms with Crippen LogP contribution in [0.25, 0.3) is 0 Å². The number of carbonyl (C=O) groups is 1. The number of hydrogen-bond donors (Lipinski definition) is 0. The van der Waals surface area contributed by atoms with Crippen molar-refractivity contribution in [2.45, 2.75) is 31.1 Å². The van der Waals surface area contributed by atoms with Gasteiger partial charge in [0.2, 0.25) is 0 Å². The first-order valence-corrected chi connectivity index (χ1v) is 9.01. The third-order valence-corrected chi connectivity index (χ3v) is 4.94. The zero-order valence-electron chi connectivity index (χ0n) is 12.5. The largest absolute Gasteiger partial charge is 0.360 e. The molecule has 5 nitrogen and oxygen atoms in total. The normalized spacial score (nSPS) is 13.1. The number of ketones is 1. The van der Waals surface area contributed by atoms with Gasteiger partial charge < -0.3 is 4.52 Å². The molecule has 0 saturated heterocycles. The molecule has 0 spiro atoms. The maximum Gasteiger partial charge on any atom is 0.199 e. The summed E-state index contributed by atoms with van der Waals surface area (Å²) in [5.74, 6) is 0.230. The van der Waals surface area contributed by atoms with Gasteiger partial charge in [-0.25, -0.2) is 8.42 Å². The molecule has 1 aromatic carbocycles. The summed E-state index contributed by atoms with van der Waals surface area (Å²) < 4.78 is 28.2. The Hall–Kier alpha value is -1.66. The van der Waals surface area contributed by atoms with E-state index in [-0.39, 0.29) is 27.2 Å². The molecule has 1 aromatic heterocycles. The Bertz CT molecular complexity index is 811. The zero-order valence-corrected chi connectivity index (χ0v) is 14.0. The van der Waals surface area contributed by atoms with Crippen LogP contribution in [-0.4, -0.2) is 25.6 Å². The van der Waals surface area contributed by atoms with E-state index in [0.29, 0.717) is 11.3 Å².